The summed E-state index contributed by atoms with van der Waals surface area (Å²) >= 11 is 0. The van der Waals surface area contributed by atoms with Gasteiger partial charge >= 0.3 is 0 Å². The summed E-state index contributed by atoms with van der Waals surface area (Å²) in [7, 11) is 0. The van der Waals surface area contributed by atoms with E-state index < -0.39 is 6.04 Å². The van der Waals surface area contributed by atoms with Crippen molar-refractivity contribution in [2.24, 2.45) is 5.73 Å². The van der Waals surface area contributed by atoms with Gasteiger partial charge in [0.2, 0.25) is 0 Å². The van der Waals surface area contributed by atoms with E-state index in [0.717, 1.165) is 0 Å². The second kappa shape index (κ2) is 10.0. The maximum absolute atomic E-state index is 7.94. The molecule has 0 aliphatic carbocycles. The fraction of sp³-hybridized carbons (Fsp3) is 0.667. The van der Waals surface area contributed by atoms with Crippen LogP contribution in [0, 0.1) is 22.7 Å². The third-order valence-corrected chi connectivity index (χ3v) is 0.477. The molecule has 0 aliphatic rings. The minimum Gasteiger partial charge on any atom is -0.315 e. The van der Waals surface area contributed by atoms with Crippen LogP contribution in [0.5, 0.6) is 0 Å². The van der Waals surface area contributed by atoms with Crippen LogP contribution in [-0.4, -0.2) is 6.04 Å². The Bertz CT molecular complexity index is 122. The van der Waals surface area contributed by atoms with E-state index in [0.29, 0.717) is 0 Å². The number of nitriles is 2. The Morgan fingerprint density at radius 1 is 1.56 bits per heavy atom. The second-order valence-electron chi connectivity index (χ2n) is 1.10. The molecule has 0 aliphatic heterocycles. The second-order valence-corrected chi connectivity index (χ2v) is 1.10. The van der Waals surface area contributed by atoms with E-state index >= 15 is 0 Å². The maximum atomic E-state index is 7.94. The van der Waals surface area contributed by atoms with E-state index in [2.05, 4.69) is 0 Å². The van der Waals surface area contributed by atoms with Crippen LogP contribution in [-0.2, 0) is 0 Å². The highest BCUT2D eigenvalue weighted by atomic mass is 14.6. The number of hydrogen-bond acceptors (Lipinski definition) is 3. The summed E-state index contributed by atoms with van der Waals surface area (Å²) in [6.07, 6.45) is 0.122. The Kier molecular flexibility index (Phi) is 12.1. The fourth-order valence-electron chi connectivity index (χ4n) is 0.144. The van der Waals surface area contributed by atoms with Gasteiger partial charge in [-0.3, -0.25) is 0 Å². The topological polar surface area (TPSA) is 73.6 Å². The minimum absolute atomic E-state index is 0. The number of nitrogens with zero attached hydrogens (tertiary/aromatic N) is 2. The Morgan fingerprint density at radius 3 is 2.11 bits per heavy atom. The lowest BCUT2D eigenvalue weighted by atomic mass is 10.3. The molecule has 0 saturated heterocycles. The van der Waals surface area contributed by atoms with Gasteiger partial charge in [-0.15, -0.1) is 0 Å². The Hall–Kier alpha value is -1.06. The van der Waals surface area contributed by atoms with Crippen LogP contribution in [0.3, 0.4) is 0 Å². The lowest BCUT2D eigenvalue weighted by Crippen LogP contribution is -2.15. The van der Waals surface area contributed by atoms with Gasteiger partial charge in [-0.25, -0.2) is 0 Å². The first-order valence-corrected chi connectivity index (χ1v) is 2.83. The molecule has 0 saturated carbocycles. The monoisotopic (exact) mass is 127 g/mol. The molecule has 1 atom stereocenters. The summed E-state index contributed by atoms with van der Waals surface area (Å²) in [5.74, 6) is 0. The van der Waals surface area contributed by atoms with Crippen LogP contribution in [0.2, 0.25) is 0 Å². The predicted molar refractivity (Wildman–Crippen MR) is 37.3 cm³/mol. The van der Waals surface area contributed by atoms with Gasteiger partial charge in [-0.1, -0.05) is 13.8 Å². The molecule has 0 aromatic rings. The van der Waals surface area contributed by atoms with E-state index in [1.54, 1.807) is 12.1 Å². The molecule has 0 amide bonds. The molecular weight excluding hydrogens is 114 g/mol. The molecule has 3 nitrogen and oxygen atoms in total. The third kappa shape index (κ3) is 10.9. The molecule has 0 aromatic heterocycles. The lowest BCUT2D eigenvalue weighted by molar-refractivity contribution is 0.856. The van der Waals surface area contributed by atoms with Crippen molar-refractivity contribution >= 4 is 0 Å². The average molecular weight is 127 g/mol. The zero-order valence-electron chi connectivity index (χ0n) is 5.76. The lowest BCUT2D eigenvalue weighted by Gasteiger charge is -1.86. The molecule has 9 heavy (non-hydrogen) atoms. The first-order chi connectivity index (χ1) is 4.31. The van der Waals surface area contributed by atoms with Gasteiger partial charge in [-0.2, -0.15) is 10.5 Å². The average Bonchev–Trinajstić information content (AvgIpc) is 1.93. The molecule has 1 unspecified atom stereocenters. The standard InChI is InChI=1S/C4H5N3.C2H6.H2/c5-2-1-4(7)3-6;1-2;/h4H,1,7H2;1-2H3;1H. The van der Waals surface area contributed by atoms with Crippen molar-refractivity contribution in [2.75, 3.05) is 0 Å². The Morgan fingerprint density at radius 2 is 2.00 bits per heavy atom. The molecule has 0 rings (SSSR count). The largest absolute Gasteiger partial charge is 0.315 e. The molecule has 0 bridgehead atoms. The van der Waals surface area contributed by atoms with Crippen molar-refractivity contribution in [3.8, 4) is 12.1 Å². The molecule has 0 aromatic carbocycles. The van der Waals surface area contributed by atoms with E-state index in [1.807, 2.05) is 13.8 Å². The Labute approximate surface area is 57.2 Å². The van der Waals surface area contributed by atoms with E-state index in [9.17, 15) is 0 Å². The summed E-state index contributed by atoms with van der Waals surface area (Å²) in [5, 5.41) is 15.8. The van der Waals surface area contributed by atoms with Gasteiger partial charge in [0.15, 0.2) is 0 Å². The van der Waals surface area contributed by atoms with Crippen LogP contribution in [0.25, 0.3) is 0 Å². The Balaban J connectivity index is -0.000000149. The SMILES string of the molecule is CC.N#CCC(N)C#N.[HH]. The van der Waals surface area contributed by atoms with Gasteiger partial charge in [0.05, 0.1) is 18.6 Å². The number of hydrogen-bond donors (Lipinski definition) is 1. The molecule has 0 radical (unpaired) electrons. The third-order valence-electron chi connectivity index (χ3n) is 0.477. The summed E-state index contributed by atoms with van der Waals surface area (Å²) in [4.78, 5) is 0. The highest BCUT2D eigenvalue weighted by Crippen LogP contribution is 1.78. The van der Waals surface area contributed by atoms with Crippen molar-refractivity contribution in [1.82, 2.24) is 0 Å². The zero-order valence-corrected chi connectivity index (χ0v) is 5.76. The van der Waals surface area contributed by atoms with Crippen molar-refractivity contribution in [2.45, 2.75) is 26.3 Å². The summed E-state index contributed by atoms with van der Waals surface area (Å²) in [5.41, 5.74) is 5.00. The molecule has 0 fully saturated rings. The van der Waals surface area contributed by atoms with Gasteiger partial charge in [0.1, 0.15) is 6.04 Å². The van der Waals surface area contributed by atoms with E-state index in [-0.39, 0.29) is 7.85 Å². The summed E-state index contributed by atoms with van der Waals surface area (Å²) in [6, 6.07) is 2.89. The molecule has 0 heterocycles. The fourth-order valence-corrected chi connectivity index (χ4v) is 0.144. The van der Waals surface area contributed by atoms with E-state index in [1.165, 1.54) is 0 Å². The predicted octanol–water partition coefficient (Wildman–Crippen LogP) is 1.02. The summed E-state index contributed by atoms with van der Waals surface area (Å²) in [6.45, 7) is 4.00. The highest BCUT2D eigenvalue weighted by molar-refractivity contribution is 4.93. The molecule has 3 heteroatoms. The molecule has 2 N–H and O–H groups in total. The van der Waals surface area contributed by atoms with Crippen molar-refractivity contribution in [1.29, 1.82) is 10.5 Å². The van der Waals surface area contributed by atoms with E-state index in [4.69, 9.17) is 16.3 Å². The molecule has 52 valence electrons. The molecule has 0 spiro atoms. The first-order valence-electron chi connectivity index (χ1n) is 2.83. The van der Waals surface area contributed by atoms with Gasteiger partial charge in [-0.05, 0) is 0 Å². The van der Waals surface area contributed by atoms with Gasteiger partial charge in [0.25, 0.3) is 0 Å². The van der Waals surface area contributed by atoms with Crippen LogP contribution in [0.1, 0.15) is 21.7 Å². The minimum atomic E-state index is -0.606. The zero-order chi connectivity index (χ0) is 7.70. The normalized spacial score (nSPS) is 9.44. The van der Waals surface area contributed by atoms with Crippen LogP contribution >= 0.6 is 0 Å². The van der Waals surface area contributed by atoms with Gasteiger partial charge < -0.3 is 5.73 Å². The van der Waals surface area contributed by atoms with Crippen LogP contribution < -0.4 is 5.73 Å². The first kappa shape index (κ1) is 10.8. The quantitative estimate of drug-likeness (QED) is 0.571. The maximum Gasteiger partial charge on any atom is 0.106 e. The summed E-state index contributed by atoms with van der Waals surface area (Å²) < 4.78 is 0. The highest BCUT2D eigenvalue weighted by Gasteiger charge is 1.93. The molecular formula is C6H13N3. The van der Waals surface area contributed by atoms with Crippen molar-refractivity contribution < 1.29 is 1.43 Å². The van der Waals surface area contributed by atoms with Gasteiger partial charge in [0, 0.05) is 1.43 Å². The smallest absolute Gasteiger partial charge is 0.106 e. The van der Waals surface area contributed by atoms with Crippen LogP contribution in [0.4, 0.5) is 0 Å². The number of nitrogens with two attached hydrogens (primary N) is 1. The van der Waals surface area contributed by atoms with Crippen molar-refractivity contribution in [3.63, 3.8) is 0 Å². The van der Waals surface area contributed by atoms with Crippen molar-refractivity contribution in [3.05, 3.63) is 0 Å². The number of rotatable bonds is 1. The van der Waals surface area contributed by atoms with Crippen LogP contribution in [0.15, 0.2) is 0 Å².